The van der Waals surface area contributed by atoms with Crippen LogP contribution in [0.3, 0.4) is 0 Å². The van der Waals surface area contributed by atoms with E-state index in [0.717, 1.165) is 0 Å². The van der Waals surface area contributed by atoms with Gasteiger partial charge in [0.1, 0.15) is 0 Å². The molecule has 9 heavy (non-hydrogen) atoms. The van der Waals surface area contributed by atoms with Gasteiger partial charge in [0.2, 0.25) is 5.50 Å². The second-order valence-corrected chi connectivity index (χ2v) is 2.12. The zero-order chi connectivity index (χ0) is 6.85. The molecule has 0 bridgehead atoms. The molecule has 1 unspecified atom stereocenters. The van der Waals surface area contributed by atoms with Crippen molar-refractivity contribution in [2.24, 2.45) is 9.98 Å². The summed E-state index contributed by atoms with van der Waals surface area (Å²) in [5, 5.41) is 0. The van der Waals surface area contributed by atoms with Crippen LogP contribution in [-0.2, 0) is 4.79 Å². The quantitative estimate of drug-likeness (QED) is 0.363. The molecule has 0 fully saturated rings. The molecule has 1 amide bonds. The zero-order valence-electron chi connectivity index (χ0n) is 4.84. The van der Waals surface area contributed by atoms with Crippen LogP contribution in [0.1, 0.15) is 6.92 Å². The Hall–Kier alpha value is -0.700. The van der Waals surface area contributed by atoms with Gasteiger partial charge in [-0.15, -0.1) is 0 Å². The number of aliphatic imine (C=N–C) groups is 2. The summed E-state index contributed by atoms with van der Waals surface area (Å²) in [6.07, 6.45) is 1.40. The van der Waals surface area contributed by atoms with Crippen molar-refractivity contribution in [3.05, 3.63) is 0 Å². The summed E-state index contributed by atoms with van der Waals surface area (Å²) in [4.78, 5) is 17.7. The van der Waals surface area contributed by atoms with Crippen LogP contribution in [-0.4, -0.2) is 23.3 Å². The third-order valence-corrected chi connectivity index (χ3v) is 1.18. The van der Waals surface area contributed by atoms with Gasteiger partial charge in [0, 0.05) is 0 Å². The van der Waals surface area contributed by atoms with Crippen LogP contribution in [0.4, 0.5) is 0 Å². The van der Waals surface area contributed by atoms with Crippen molar-refractivity contribution in [2.45, 2.75) is 12.4 Å². The highest BCUT2D eigenvalue weighted by Gasteiger charge is 2.14. The highest BCUT2D eigenvalue weighted by atomic mass is 35.5. The minimum absolute atomic E-state index is 0.387. The van der Waals surface area contributed by atoms with Crippen molar-refractivity contribution in [1.29, 1.82) is 0 Å². The molecule has 1 heterocycles. The van der Waals surface area contributed by atoms with Crippen LogP contribution in [0.15, 0.2) is 9.98 Å². The van der Waals surface area contributed by atoms with Gasteiger partial charge in [0.15, 0.2) is 0 Å². The Morgan fingerprint density at radius 2 is 2.44 bits per heavy atom. The molecule has 0 N–H and O–H groups in total. The Morgan fingerprint density at radius 1 is 1.78 bits per heavy atom. The van der Waals surface area contributed by atoms with Crippen molar-refractivity contribution in [1.82, 2.24) is 0 Å². The normalized spacial score (nSPS) is 26.2. The standard InChI is InChI=1S/C5H5ClN2O/c1-3-2-7-5(9)4(6)8-3/h2,4H,1H3. The number of hydrogen-bond donors (Lipinski definition) is 0. The van der Waals surface area contributed by atoms with Crippen LogP contribution in [0.5, 0.6) is 0 Å². The van der Waals surface area contributed by atoms with E-state index in [1.54, 1.807) is 6.92 Å². The fourth-order valence-electron chi connectivity index (χ4n) is 0.486. The van der Waals surface area contributed by atoms with Gasteiger partial charge in [-0.05, 0) is 6.92 Å². The van der Waals surface area contributed by atoms with Crippen molar-refractivity contribution in [3.8, 4) is 0 Å². The first-order valence-electron chi connectivity index (χ1n) is 2.46. The molecule has 0 aliphatic carbocycles. The summed E-state index contributed by atoms with van der Waals surface area (Å²) < 4.78 is 0. The van der Waals surface area contributed by atoms with Gasteiger partial charge in [0.25, 0.3) is 5.91 Å². The van der Waals surface area contributed by atoms with Gasteiger partial charge in [-0.25, -0.2) is 4.99 Å². The summed E-state index contributed by atoms with van der Waals surface area (Å²) in [5.41, 5.74) is -0.107. The van der Waals surface area contributed by atoms with Crippen LogP contribution in [0.2, 0.25) is 0 Å². The summed E-state index contributed by atoms with van der Waals surface area (Å²) in [6, 6.07) is 0. The first-order valence-corrected chi connectivity index (χ1v) is 2.90. The molecule has 0 radical (unpaired) electrons. The fraction of sp³-hybridized carbons (Fsp3) is 0.400. The second kappa shape index (κ2) is 2.27. The highest BCUT2D eigenvalue weighted by molar-refractivity contribution is 6.39. The van der Waals surface area contributed by atoms with Crippen LogP contribution >= 0.6 is 11.6 Å². The Kier molecular flexibility index (Phi) is 1.62. The molecule has 1 rings (SSSR count). The average Bonchev–Trinajstić information content (AvgIpc) is 1.80. The number of hydrogen-bond acceptors (Lipinski definition) is 2. The molecule has 0 saturated carbocycles. The van der Waals surface area contributed by atoms with Gasteiger partial charge >= 0.3 is 0 Å². The molecule has 0 spiro atoms. The van der Waals surface area contributed by atoms with Crippen molar-refractivity contribution in [3.63, 3.8) is 0 Å². The van der Waals surface area contributed by atoms with Gasteiger partial charge in [-0.3, -0.25) is 9.79 Å². The molecule has 0 aromatic carbocycles. The minimum Gasteiger partial charge on any atom is -0.269 e. The van der Waals surface area contributed by atoms with Gasteiger partial charge in [-0.1, -0.05) is 11.6 Å². The lowest BCUT2D eigenvalue weighted by atomic mass is 10.4. The molecule has 0 saturated heterocycles. The summed E-state index contributed by atoms with van der Waals surface area (Å²) in [7, 11) is 0. The number of halogens is 1. The zero-order valence-corrected chi connectivity index (χ0v) is 5.59. The van der Waals surface area contributed by atoms with Gasteiger partial charge in [0.05, 0.1) is 11.9 Å². The van der Waals surface area contributed by atoms with Crippen molar-refractivity contribution >= 4 is 29.4 Å². The Morgan fingerprint density at radius 3 is 2.89 bits per heavy atom. The largest absolute Gasteiger partial charge is 0.285 e. The Bertz CT molecular complexity index is 197. The summed E-state index contributed by atoms with van der Waals surface area (Å²) in [6.45, 7) is 1.74. The van der Waals surface area contributed by atoms with E-state index in [4.69, 9.17) is 11.6 Å². The SMILES string of the molecule is CC1=NC(Cl)C(=O)N=C1. The third kappa shape index (κ3) is 1.36. The maximum atomic E-state index is 10.5. The lowest BCUT2D eigenvalue weighted by molar-refractivity contribution is -0.117. The van der Waals surface area contributed by atoms with E-state index < -0.39 is 5.50 Å². The van der Waals surface area contributed by atoms with Gasteiger partial charge in [-0.2, -0.15) is 0 Å². The highest BCUT2D eigenvalue weighted by Crippen LogP contribution is 2.03. The second-order valence-electron chi connectivity index (χ2n) is 1.70. The predicted molar refractivity (Wildman–Crippen MR) is 36.2 cm³/mol. The van der Waals surface area contributed by atoms with E-state index in [-0.39, 0.29) is 5.91 Å². The van der Waals surface area contributed by atoms with Crippen molar-refractivity contribution < 1.29 is 4.79 Å². The van der Waals surface area contributed by atoms with Crippen LogP contribution in [0, 0.1) is 0 Å². The topological polar surface area (TPSA) is 41.8 Å². The maximum absolute atomic E-state index is 10.5. The fourth-order valence-corrected chi connectivity index (χ4v) is 0.696. The molecule has 0 aromatic heterocycles. The van der Waals surface area contributed by atoms with E-state index in [9.17, 15) is 4.79 Å². The molecule has 1 aliphatic rings. The third-order valence-electron chi connectivity index (χ3n) is 0.899. The Labute approximate surface area is 57.4 Å². The maximum Gasteiger partial charge on any atom is 0.285 e. The Balaban J connectivity index is 2.82. The smallest absolute Gasteiger partial charge is 0.269 e. The number of amides is 1. The molecule has 1 atom stereocenters. The number of alkyl halides is 1. The van der Waals surface area contributed by atoms with Crippen LogP contribution < -0.4 is 0 Å². The molecule has 0 aromatic rings. The monoisotopic (exact) mass is 144 g/mol. The van der Waals surface area contributed by atoms with E-state index in [1.165, 1.54) is 6.21 Å². The number of carbonyl (C=O) groups excluding carboxylic acids is 1. The van der Waals surface area contributed by atoms with E-state index >= 15 is 0 Å². The molecular weight excluding hydrogens is 140 g/mol. The minimum atomic E-state index is -0.796. The number of nitrogens with zero attached hydrogens (tertiary/aromatic N) is 2. The molecule has 3 nitrogen and oxygen atoms in total. The van der Waals surface area contributed by atoms with Gasteiger partial charge < -0.3 is 0 Å². The first kappa shape index (κ1) is 6.42. The molecule has 1 aliphatic heterocycles. The summed E-state index contributed by atoms with van der Waals surface area (Å²) >= 11 is 5.41. The summed E-state index contributed by atoms with van der Waals surface area (Å²) in [5.74, 6) is -0.387. The van der Waals surface area contributed by atoms with Crippen molar-refractivity contribution in [2.75, 3.05) is 0 Å². The predicted octanol–water partition coefficient (Wildman–Crippen LogP) is 0.623. The first-order chi connectivity index (χ1) is 4.20. The van der Waals surface area contributed by atoms with Crippen LogP contribution in [0.25, 0.3) is 0 Å². The number of carbonyl (C=O) groups is 1. The molecule has 48 valence electrons. The number of rotatable bonds is 0. The lowest BCUT2D eigenvalue weighted by Crippen LogP contribution is -2.17. The lowest BCUT2D eigenvalue weighted by Gasteiger charge is -2.03. The van der Waals surface area contributed by atoms with E-state index in [2.05, 4.69) is 9.98 Å². The average molecular weight is 145 g/mol. The molecule has 4 heteroatoms. The van der Waals surface area contributed by atoms with E-state index in [1.807, 2.05) is 0 Å². The van der Waals surface area contributed by atoms with E-state index in [0.29, 0.717) is 5.71 Å². The molecular formula is C5H5ClN2O.